The van der Waals surface area contributed by atoms with Crippen LogP contribution in [0.15, 0.2) is 0 Å². The molecular weight excluding hydrogens is 289 g/mol. The summed E-state index contributed by atoms with van der Waals surface area (Å²) in [5.74, 6) is -0.964. The third-order valence-corrected chi connectivity index (χ3v) is 3.87. The highest BCUT2D eigenvalue weighted by atomic mass is 127. The van der Waals surface area contributed by atoms with Crippen LogP contribution in [0.5, 0.6) is 0 Å². The van der Waals surface area contributed by atoms with Crippen LogP contribution in [0, 0.1) is 21.8 Å². The molecule has 0 spiro atoms. The second kappa shape index (κ2) is 3.41. The van der Waals surface area contributed by atoms with E-state index >= 15 is 0 Å². The first-order chi connectivity index (χ1) is 5.57. The van der Waals surface area contributed by atoms with E-state index in [2.05, 4.69) is 0 Å². The van der Waals surface area contributed by atoms with Gasteiger partial charge in [0.1, 0.15) is 10.9 Å². The van der Waals surface area contributed by atoms with E-state index in [-0.39, 0.29) is 4.88 Å². The van der Waals surface area contributed by atoms with Crippen molar-refractivity contribution < 1.29 is 9.90 Å². The first kappa shape index (κ1) is 9.48. The Morgan fingerprint density at radius 2 is 2.33 bits per heavy atom. The lowest BCUT2D eigenvalue weighted by atomic mass is 10.3. The molecule has 1 aromatic rings. The van der Waals surface area contributed by atoms with Gasteiger partial charge in [0.2, 0.25) is 0 Å². The molecule has 0 bridgehead atoms. The zero-order chi connectivity index (χ0) is 9.30. The van der Waals surface area contributed by atoms with Crippen molar-refractivity contribution in [2.24, 2.45) is 0 Å². The largest absolute Gasteiger partial charge is 0.477 e. The van der Waals surface area contributed by atoms with Gasteiger partial charge in [-0.05, 0) is 29.5 Å². The van der Waals surface area contributed by atoms with Crippen molar-refractivity contribution in [3.05, 3.63) is 18.9 Å². The smallest absolute Gasteiger partial charge is 0.347 e. The molecule has 0 aliphatic rings. The Morgan fingerprint density at radius 1 is 1.75 bits per heavy atom. The minimum absolute atomic E-state index is 0.254. The number of carbonyl (C=O) groups is 1. The van der Waals surface area contributed by atoms with Gasteiger partial charge in [-0.1, -0.05) is 0 Å². The molecule has 0 radical (unpaired) electrons. The Balaban J connectivity index is 3.39. The first-order valence-corrected chi connectivity index (χ1v) is 4.89. The number of carboxylic acid groups (broad SMARTS) is 1. The van der Waals surface area contributed by atoms with E-state index in [1.807, 2.05) is 28.7 Å². The van der Waals surface area contributed by atoms with Crippen LogP contribution < -0.4 is 0 Å². The zero-order valence-corrected chi connectivity index (χ0v) is 9.06. The number of hydrogen-bond donors (Lipinski definition) is 1. The van der Waals surface area contributed by atoms with Crippen molar-refractivity contribution >= 4 is 39.9 Å². The zero-order valence-electron chi connectivity index (χ0n) is 6.09. The highest BCUT2D eigenvalue weighted by Gasteiger charge is 2.17. The van der Waals surface area contributed by atoms with Crippen LogP contribution in [0.3, 0.4) is 0 Å². The Morgan fingerprint density at radius 3 is 2.58 bits per heavy atom. The number of nitrogens with zero attached hydrogens (tertiary/aromatic N) is 1. The monoisotopic (exact) mass is 293 g/mol. The van der Waals surface area contributed by atoms with E-state index in [4.69, 9.17) is 10.4 Å². The molecule has 1 N–H and O–H groups in total. The molecule has 0 unspecified atom stereocenters. The van der Waals surface area contributed by atoms with Crippen LogP contribution in [-0.4, -0.2) is 11.1 Å². The van der Waals surface area contributed by atoms with Crippen LogP contribution in [0.2, 0.25) is 0 Å². The first-order valence-electron chi connectivity index (χ1n) is 3.00. The second-order valence-corrected chi connectivity index (χ2v) is 4.40. The fraction of sp³-hybridized carbons (Fsp3) is 0.143. The molecule has 0 atom stereocenters. The predicted molar refractivity (Wildman–Crippen MR) is 53.4 cm³/mol. The molecule has 1 rings (SSSR count). The highest BCUT2D eigenvalue weighted by Crippen LogP contribution is 2.28. The van der Waals surface area contributed by atoms with Gasteiger partial charge >= 0.3 is 5.97 Å². The Bertz CT molecular complexity index is 377. The molecule has 0 saturated carbocycles. The number of aromatic carboxylic acids is 1. The van der Waals surface area contributed by atoms with E-state index < -0.39 is 5.97 Å². The van der Waals surface area contributed by atoms with E-state index in [1.165, 1.54) is 0 Å². The van der Waals surface area contributed by atoms with Crippen LogP contribution in [-0.2, 0) is 0 Å². The fourth-order valence-electron chi connectivity index (χ4n) is 0.782. The molecule has 0 saturated heterocycles. The van der Waals surface area contributed by atoms with E-state index in [0.717, 1.165) is 16.2 Å². The molecule has 0 aromatic carbocycles. The van der Waals surface area contributed by atoms with E-state index in [0.29, 0.717) is 9.13 Å². The molecule has 0 aliphatic carbocycles. The van der Waals surface area contributed by atoms with Gasteiger partial charge < -0.3 is 5.11 Å². The second-order valence-electron chi connectivity index (χ2n) is 2.09. The molecular formula is C7H4INO2S. The molecule has 5 heteroatoms. The SMILES string of the molecule is Cc1sc(C(=O)O)c(I)c1C#N. The highest BCUT2D eigenvalue weighted by molar-refractivity contribution is 14.1. The summed E-state index contributed by atoms with van der Waals surface area (Å²) in [5.41, 5.74) is 0.484. The molecule has 3 nitrogen and oxygen atoms in total. The maximum absolute atomic E-state index is 10.6. The number of halogens is 1. The number of rotatable bonds is 1. The molecule has 0 amide bonds. The lowest BCUT2D eigenvalue weighted by Crippen LogP contribution is -1.94. The number of aryl methyl sites for hydroxylation is 1. The van der Waals surface area contributed by atoms with E-state index in [1.54, 1.807) is 6.92 Å². The molecule has 12 heavy (non-hydrogen) atoms. The number of nitriles is 1. The van der Waals surface area contributed by atoms with Crippen LogP contribution >= 0.6 is 33.9 Å². The summed E-state index contributed by atoms with van der Waals surface area (Å²) in [6.07, 6.45) is 0. The van der Waals surface area contributed by atoms with Crippen LogP contribution in [0.1, 0.15) is 20.1 Å². The van der Waals surface area contributed by atoms with Crippen molar-refractivity contribution in [1.82, 2.24) is 0 Å². The van der Waals surface area contributed by atoms with Crippen molar-refractivity contribution in [2.45, 2.75) is 6.92 Å². The number of carboxylic acids is 1. The standard InChI is InChI=1S/C7H4INO2S/c1-3-4(2-9)5(8)6(12-3)7(10)11/h1H3,(H,10,11). The lowest BCUT2D eigenvalue weighted by molar-refractivity contribution is 0.0701. The summed E-state index contributed by atoms with van der Waals surface area (Å²) in [7, 11) is 0. The van der Waals surface area contributed by atoms with Gasteiger partial charge in [-0.25, -0.2) is 4.79 Å². The van der Waals surface area contributed by atoms with Gasteiger partial charge in [-0.15, -0.1) is 11.3 Å². The molecule has 1 heterocycles. The Labute approximate surface area is 86.8 Å². The van der Waals surface area contributed by atoms with Crippen LogP contribution in [0.4, 0.5) is 0 Å². The summed E-state index contributed by atoms with van der Waals surface area (Å²) < 4.78 is 0.546. The van der Waals surface area contributed by atoms with Crippen LogP contribution in [0.25, 0.3) is 0 Å². The normalized spacial score (nSPS) is 9.42. The Hall–Kier alpha value is -0.610. The van der Waals surface area contributed by atoms with Crippen molar-refractivity contribution in [1.29, 1.82) is 5.26 Å². The minimum Gasteiger partial charge on any atom is -0.477 e. The average molecular weight is 293 g/mol. The third-order valence-electron chi connectivity index (χ3n) is 1.33. The van der Waals surface area contributed by atoms with Gasteiger partial charge in [-0.3, -0.25) is 0 Å². The lowest BCUT2D eigenvalue weighted by Gasteiger charge is -1.86. The fourth-order valence-corrected chi connectivity index (χ4v) is 2.89. The van der Waals surface area contributed by atoms with Gasteiger partial charge in [0, 0.05) is 4.88 Å². The predicted octanol–water partition coefficient (Wildman–Crippen LogP) is 2.23. The molecule has 0 fully saturated rings. The maximum Gasteiger partial charge on any atom is 0.347 e. The van der Waals surface area contributed by atoms with Crippen molar-refractivity contribution in [2.75, 3.05) is 0 Å². The maximum atomic E-state index is 10.6. The van der Waals surface area contributed by atoms with Crippen molar-refractivity contribution in [3.63, 3.8) is 0 Å². The minimum atomic E-state index is -0.964. The topological polar surface area (TPSA) is 61.1 Å². The molecule has 62 valence electrons. The summed E-state index contributed by atoms with van der Waals surface area (Å²) in [6.45, 7) is 1.75. The average Bonchev–Trinajstić information content (AvgIpc) is 2.27. The molecule has 1 aromatic heterocycles. The number of thiophene rings is 1. The van der Waals surface area contributed by atoms with Gasteiger partial charge in [0.05, 0.1) is 9.13 Å². The third kappa shape index (κ3) is 1.44. The Kier molecular flexibility index (Phi) is 2.69. The summed E-state index contributed by atoms with van der Waals surface area (Å²) >= 11 is 3.03. The summed E-state index contributed by atoms with van der Waals surface area (Å²) in [4.78, 5) is 11.6. The quantitative estimate of drug-likeness (QED) is 0.808. The summed E-state index contributed by atoms with van der Waals surface area (Å²) in [6, 6.07) is 1.98. The van der Waals surface area contributed by atoms with Gasteiger partial charge in [-0.2, -0.15) is 5.26 Å². The van der Waals surface area contributed by atoms with E-state index in [9.17, 15) is 4.79 Å². The van der Waals surface area contributed by atoms with Gasteiger partial charge in [0.15, 0.2) is 0 Å². The summed E-state index contributed by atoms with van der Waals surface area (Å²) in [5, 5.41) is 17.3. The van der Waals surface area contributed by atoms with Gasteiger partial charge in [0.25, 0.3) is 0 Å². The number of hydrogen-bond acceptors (Lipinski definition) is 3. The molecule has 0 aliphatic heterocycles. The van der Waals surface area contributed by atoms with Crippen molar-refractivity contribution in [3.8, 4) is 6.07 Å².